The second kappa shape index (κ2) is 11.9. The van der Waals surface area contributed by atoms with Crippen molar-refractivity contribution < 1.29 is 19.1 Å². The number of carbonyl (C=O) groups is 2. The molecule has 0 saturated carbocycles. The summed E-state index contributed by atoms with van der Waals surface area (Å²) in [5.41, 5.74) is 6.03. The number of benzene rings is 3. The van der Waals surface area contributed by atoms with Gasteiger partial charge >= 0.3 is 11.9 Å². The van der Waals surface area contributed by atoms with Gasteiger partial charge in [0.05, 0.1) is 13.2 Å². The van der Waals surface area contributed by atoms with Crippen molar-refractivity contribution in [2.75, 3.05) is 13.2 Å². The summed E-state index contributed by atoms with van der Waals surface area (Å²) in [6.45, 7) is 8.02. The Morgan fingerprint density at radius 3 is 1.84 bits per heavy atom. The normalized spacial score (nSPS) is 13.3. The maximum Gasteiger partial charge on any atom is 0.324 e. The topological polar surface area (TPSA) is 52.6 Å². The van der Waals surface area contributed by atoms with Crippen molar-refractivity contribution in [3.8, 4) is 23.0 Å². The van der Waals surface area contributed by atoms with Gasteiger partial charge < -0.3 is 9.47 Å². The zero-order chi connectivity index (χ0) is 27.3. The van der Waals surface area contributed by atoms with Gasteiger partial charge in [-0.2, -0.15) is 0 Å². The SMILES string of the molecule is CCOC(=O)C1(C(=O)OCC)Cc2c(Cl)cc(-c3ccc(CC)cc3)c(C#Cc3ccc(CC)cc3)c2C1. The number of rotatable bonds is 7. The Morgan fingerprint density at radius 1 is 0.789 bits per heavy atom. The second-order valence-electron chi connectivity index (χ2n) is 9.47. The van der Waals surface area contributed by atoms with Gasteiger partial charge in [0.25, 0.3) is 0 Å². The number of halogens is 1. The van der Waals surface area contributed by atoms with Crippen LogP contribution in [0.5, 0.6) is 0 Å². The summed E-state index contributed by atoms with van der Waals surface area (Å²) in [6.07, 6.45) is 2.14. The summed E-state index contributed by atoms with van der Waals surface area (Å²) in [5, 5.41) is 0.503. The van der Waals surface area contributed by atoms with E-state index in [1.54, 1.807) is 13.8 Å². The van der Waals surface area contributed by atoms with Gasteiger partial charge in [0.1, 0.15) is 0 Å². The first-order chi connectivity index (χ1) is 18.4. The average molecular weight is 529 g/mol. The van der Waals surface area contributed by atoms with Crippen LogP contribution < -0.4 is 0 Å². The van der Waals surface area contributed by atoms with Crippen LogP contribution in [0.2, 0.25) is 5.02 Å². The summed E-state index contributed by atoms with van der Waals surface area (Å²) in [4.78, 5) is 26.5. The van der Waals surface area contributed by atoms with Crippen molar-refractivity contribution in [1.29, 1.82) is 0 Å². The fourth-order valence-electron chi connectivity index (χ4n) is 4.96. The summed E-state index contributed by atoms with van der Waals surface area (Å²) >= 11 is 6.84. The number of hydrogen-bond acceptors (Lipinski definition) is 4. The van der Waals surface area contributed by atoms with Crippen molar-refractivity contribution in [3.05, 3.63) is 93.0 Å². The van der Waals surface area contributed by atoms with E-state index >= 15 is 0 Å². The highest BCUT2D eigenvalue weighted by atomic mass is 35.5. The lowest BCUT2D eigenvalue weighted by Gasteiger charge is -2.24. The molecule has 1 aliphatic carbocycles. The Hall–Kier alpha value is -3.55. The number of ether oxygens (including phenoxy) is 2. The third-order valence-corrected chi connectivity index (χ3v) is 7.49. The van der Waals surface area contributed by atoms with Crippen molar-refractivity contribution in [2.45, 2.75) is 53.4 Å². The molecule has 0 heterocycles. The first kappa shape index (κ1) is 27.5. The van der Waals surface area contributed by atoms with Crippen LogP contribution >= 0.6 is 11.6 Å². The highest BCUT2D eigenvalue weighted by Gasteiger charge is 2.54. The molecule has 0 N–H and O–H groups in total. The lowest BCUT2D eigenvalue weighted by Crippen LogP contribution is -2.43. The van der Waals surface area contributed by atoms with Crippen molar-refractivity contribution in [2.24, 2.45) is 5.41 Å². The van der Waals surface area contributed by atoms with E-state index in [-0.39, 0.29) is 26.1 Å². The lowest BCUT2D eigenvalue weighted by molar-refractivity contribution is -0.171. The Labute approximate surface area is 230 Å². The molecule has 0 atom stereocenters. The number of carbonyl (C=O) groups excluding carboxylic acids is 2. The molecule has 5 heteroatoms. The Kier molecular flexibility index (Phi) is 8.59. The molecule has 0 bridgehead atoms. The van der Waals surface area contributed by atoms with Gasteiger partial charge in [0, 0.05) is 29.0 Å². The van der Waals surface area contributed by atoms with Crippen LogP contribution in [0.25, 0.3) is 11.1 Å². The lowest BCUT2D eigenvalue weighted by atomic mass is 9.84. The van der Waals surface area contributed by atoms with E-state index in [0.717, 1.165) is 46.2 Å². The molecule has 0 amide bonds. The minimum atomic E-state index is -1.48. The van der Waals surface area contributed by atoms with Crippen LogP contribution in [-0.4, -0.2) is 25.2 Å². The molecule has 0 aromatic heterocycles. The second-order valence-corrected chi connectivity index (χ2v) is 9.87. The standard InChI is InChI=1S/C33H33ClO4/c1-5-22-9-11-24(12-10-22)15-18-26-27(25-16-13-23(6-2)14-17-25)19-30(34)29-21-33(20-28(26)29,31(35)37-7-3)32(36)38-8-4/h9-14,16-17,19H,5-8,20-21H2,1-4H3. The van der Waals surface area contributed by atoms with Crippen LogP contribution in [0.15, 0.2) is 54.6 Å². The van der Waals surface area contributed by atoms with Gasteiger partial charge in [-0.25, -0.2) is 0 Å². The van der Waals surface area contributed by atoms with Crippen molar-refractivity contribution in [3.63, 3.8) is 0 Å². The quantitative estimate of drug-likeness (QED) is 0.193. The van der Waals surface area contributed by atoms with E-state index in [9.17, 15) is 9.59 Å². The van der Waals surface area contributed by atoms with Gasteiger partial charge in [0.2, 0.25) is 0 Å². The number of fused-ring (bicyclic) bond motifs is 1. The largest absolute Gasteiger partial charge is 0.465 e. The van der Waals surface area contributed by atoms with E-state index < -0.39 is 17.4 Å². The molecule has 196 valence electrons. The first-order valence-corrected chi connectivity index (χ1v) is 13.6. The molecule has 4 nitrogen and oxygen atoms in total. The first-order valence-electron chi connectivity index (χ1n) is 13.3. The predicted molar refractivity (Wildman–Crippen MR) is 151 cm³/mol. The van der Waals surface area contributed by atoms with E-state index in [4.69, 9.17) is 21.1 Å². The van der Waals surface area contributed by atoms with Crippen molar-refractivity contribution in [1.82, 2.24) is 0 Å². The summed E-state index contributed by atoms with van der Waals surface area (Å²) in [7, 11) is 0. The van der Waals surface area contributed by atoms with E-state index in [2.05, 4.69) is 62.1 Å². The maximum atomic E-state index is 13.2. The summed E-state index contributed by atoms with van der Waals surface area (Å²) in [5.74, 6) is 5.51. The third kappa shape index (κ3) is 5.35. The van der Waals surface area contributed by atoms with Crippen LogP contribution in [-0.2, 0) is 44.7 Å². The van der Waals surface area contributed by atoms with Gasteiger partial charge in [-0.15, -0.1) is 0 Å². The van der Waals surface area contributed by atoms with Crippen molar-refractivity contribution >= 4 is 23.5 Å². The number of aryl methyl sites for hydroxylation is 2. The van der Waals surface area contributed by atoms with Gasteiger partial charge in [-0.05, 0) is 78.3 Å². The van der Waals surface area contributed by atoms with Crippen LogP contribution in [0.3, 0.4) is 0 Å². The minimum Gasteiger partial charge on any atom is -0.465 e. The molecule has 0 saturated heterocycles. The van der Waals surface area contributed by atoms with Gasteiger partial charge in [0.15, 0.2) is 5.41 Å². The fourth-order valence-corrected chi connectivity index (χ4v) is 5.25. The molecule has 0 radical (unpaired) electrons. The smallest absolute Gasteiger partial charge is 0.324 e. The molecule has 38 heavy (non-hydrogen) atoms. The molecule has 3 aromatic rings. The fraction of sp³-hybridized carbons (Fsp3) is 0.333. The predicted octanol–water partition coefficient (Wildman–Crippen LogP) is 6.74. The van der Waals surface area contributed by atoms with E-state index in [0.29, 0.717) is 5.02 Å². The molecular formula is C33H33ClO4. The van der Waals surface area contributed by atoms with E-state index in [1.165, 1.54) is 11.1 Å². The van der Waals surface area contributed by atoms with Crippen LogP contribution in [0, 0.1) is 17.3 Å². The Morgan fingerprint density at radius 2 is 1.32 bits per heavy atom. The Balaban J connectivity index is 1.91. The highest BCUT2D eigenvalue weighted by Crippen LogP contribution is 2.46. The number of esters is 2. The zero-order valence-electron chi connectivity index (χ0n) is 22.4. The molecule has 0 fully saturated rings. The molecule has 0 aliphatic heterocycles. The van der Waals surface area contributed by atoms with E-state index in [1.807, 2.05) is 18.2 Å². The molecule has 3 aromatic carbocycles. The molecule has 0 spiro atoms. The highest BCUT2D eigenvalue weighted by molar-refractivity contribution is 6.32. The molecular weight excluding hydrogens is 496 g/mol. The third-order valence-electron chi connectivity index (χ3n) is 7.15. The average Bonchev–Trinajstić information content (AvgIpc) is 3.36. The molecule has 1 aliphatic rings. The maximum absolute atomic E-state index is 13.2. The van der Waals surface area contributed by atoms with Gasteiger partial charge in [-0.1, -0.05) is 73.7 Å². The Bertz CT molecular complexity index is 1370. The van der Waals surface area contributed by atoms with Crippen LogP contribution in [0.1, 0.15) is 61.1 Å². The minimum absolute atomic E-state index is 0.119. The zero-order valence-corrected chi connectivity index (χ0v) is 23.2. The number of hydrogen-bond donors (Lipinski definition) is 0. The summed E-state index contributed by atoms with van der Waals surface area (Å²) < 4.78 is 10.8. The van der Waals surface area contributed by atoms with Crippen LogP contribution in [0.4, 0.5) is 0 Å². The van der Waals surface area contributed by atoms with Gasteiger partial charge in [-0.3, -0.25) is 9.59 Å². The molecule has 4 rings (SSSR count). The monoisotopic (exact) mass is 528 g/mol. The molecule has 0 unspecified atom stereocenters. The summed E-state index contributed by atoms with van der Waals surface area (Å²) in [6, 6.07) is 18.4.